The van der Waals surface area contributed by atoms with Crippen LogP contribution >= 0.6 is 0 Å². The minimum absolute atomic E-state index is 0.726. The van der Waals surface area contributed by atoms with Crippen LogP contribution in [0.2, 0.25) is 0 Å². The first kappa shape index (κ1) is 16.7. The maximum Gasteiger partial charge on any atom is 0.0991 e. The summed E-state index contributed by atoms with van der Waals surface area (Å²) in [6.45, 7) is 5.54. The third-order valence-corrected chi connectivity index (χ3v) is 4.77. The summed E-state index contributed by atoms with van der Waals surface area (Å²) in [5, 5.41) is 12.4. The molecule has 1 heterocycles. The molecular weight excluding hydrogens is 294 g/mol. The average molecular weight is 319 g/mol. The fourth-order valence-electron chi connectivity index (χ4n) is 3.33. The Hall–Kier alpha value is -2.15. The first-order chi connectivity index (χ1) is 11.8. The van der Waals surface area contributed by atoms with Crippen molar-refractivity contribution in [2.75, 3.05) is 26.2 Å². The summed E-state index contributed by atoms with van der Waals surface area (Å²) < 4.78 is 0. The van der Waals surface area contributed by atoms with Gasteiger partial charge in [0, 0.05) is 19.6 Å². The third kappa shape index (κ3) is 4.92. The number of hydrogen-bond donors (Lipinski definition) is 1. The second kappa shape index (κ2) is 8.63. The van der Waals surface area contributed by atoms with Crippen LogP contribution in [0.1, 0.15) is 23.1 Å². The second-order valence-electron chi connectivity index (χ2n) is 6.63. The van der Waals surface area contributed by atoms with Crippen LogP contribution in [0.25, 0.3) is 0 Å². The van der Waals surface area contributed by atoms with Gasteiger partial charge in [0.25, 0.3) is 0 Å². The Morgan fingerprint density at radius 1 is 1.04 bits per heavy atom. The van der Waals surface area contributed by atoms with E-state index in [4.69, 9.17) is 5.26 Å². The molecule has 1 aliphatic heterocycles. The number of nitrogens with zero attached hydrogens (tertiary/aromatic N) is 2. The lowest BCUT2D eigenvalue weighted by Crippen LogP contribution is -2.27. The van der Waals surface area contributed by atoms with E-state index in [1.807, 2.05) is 24.3 Å². The highest BCUT2D eigenvalue weighted by Crippen LogP contribution is 2.16. The number of nitrogens with one attached hydrogen (secondary N) is 1. The van der Waals surface area contributed by atoms with Crippen LogP contribution in [-0.4, -0.2) is 31.1 Å². The van der Waals surface area contributed by atoms with Crippen molar-refractivity contribution < 1.29 is 0 Å². The number of rotatable bonds is 7. The lowest BCUT2D eigenvalue weighted by molar-refractivity contribution is 0.325. The fourth-order valence-corrected chi connectivity index (χ4v) is 3.33. The predicted molar refractivity (Wildman–Crippen MR) is 97.6 cm³/mol. The van der Waals surface area contributed by atoms with E-state index >= 15 is 0 Å². The van der Waals surface area contributed by atoms with Crippen LogP contribution in [-0.2, 0) is 13.0 Å². The third-order valence-electron chi connectivity index (χ3n) is 4.77. The Morgan fingerprint density at radius 2 is 1.83 bits per heavy atom. The molecule has 2 aromatic carbocycles. The van der Waals surface area contributed by atoms with Gasteiger partial charge in [-0.3, -0.25) is 0 Å². The summed E-state index contributed by atoms with van der Waals surface area (Å²) in [6, 6.07) is 20.7. The largest absolute Gasteiger partial charge is 0.312 e. The lowest BCUT2D eigenvalue weighted by atomic mass is 10.1. The van der Waals surface area contributed by atoms with Gasteiger partial charge in [0.05, 0.1) is 11.6 Å². The average Bonchev–Trinajstić information content (AvgIpc) is 3.09. The van der Waals surface area contributed by atoms with E-state index in [1.165, 1.54) is 30.6 Å². The van der Waals surface area contributed by atoms with E-state index in [9.17, 15) is 0 Å². The number of hydrogen-bond acceptors (Lipinski definition) is 3. The topological polar surface area (TPSA) is 39.1 Å². The molecule has 1 aliphatic rings. The number of likely N-dealkylation sites (tertiary alicyclic amines) is 1. The zero-order valence-electron chi connectivity index (χ0n) is 14.1. The van der Waals surface area contributed by atoms with E-state index in [0.29, 0.717) is 0 Å². The van der Waals surface area contributed by atoms with Crippen LogP contribution in [0, 0.1) is 17.2 Å². The van der Waals surface area contributed by atoms with Crippen molar-refractivity contribution in [1.82, 2.24) is 10.2 Å². The van der Waals surface area contributed by atoms with Gasteiger partial charge in [-0.05, 0) is 55.1 Å². The standard InChI is InChI=1S/C21H25N3/c22-14-19-6-8-20(9-7-19)15-23-16-21-11-13-24(17-21)12-10-18-4-2-1-3-5-18/h1-9,21,23H,10-13,15-17H2/t21-/m0/s1. The Bertz CT molecular complexity index is 658. The zero-order chi connectivity index (χ0) is 16.6. The van der Waals surface area contributed by atoms with E-state index in [2.05, 4.69) is 46.6 Å². The minimum Gasteiger partial charge on any atom is -0.312 e. The molecule has 0 radical (unpaired) electrons. The van der Waals surface area contributed by atoms with Gasteiger partial charge in [0.15, 0.2) is 0 Å². The van der Waals surface area contributed by atoms with Crippen molar-refractivity contribution in [3.05, 3.63) is 71.3 Å². The summed E-state index contributed by atoms with van der Waals surface area (Å²) in [4.78, 5) is 2.58. The molecule has 0 aliphatic carbocycles. The van der Waals surface area contributed by atoms with Crippen LogP contribution in [0.5, 0.6) is 0 Å². The van der Waals surface area contributed by atoms with Gasteiger partial charge >= 0.3 is 0 Å². The normalized spacial score (nSPS) is 17.7. The highest BCUT2D eigenvalue weighted by atomic mass is 15.1. The Balaban J connectivity index is 1.34. The Labute approximate surface area is 144 Å². The molecule has 3 nitrogen and oxygen atoms in total. The predicted octanol–water partition coefficient (Wildman–Crippen LogP) is 3.21. The van der Waals surface area contributed by atoms with Gasteiger partial charge in [0.1, 0.15) is 0 Å². The van der Waals surface area contributed by atoms with E-state index in [-0.39, 0.29) is 0 Å². The molecule has 0 aromatic heterocycles. The monoisotopic (exact) mass is 319 g/mol. The first-order valence-electron chi connectivity index (χ1n) is 8.79. The van der Waals surface area contributed by atoms with Crippen molar-refractivity contribution in [2.45, 2.75) is 19.4 Å². The highest BCUT2D eigenvalue weighted by molar-refractivity contribution is 5.31. The van der Waals surface area contributed by atoms with Gasteiger partial charge in [-0.15, -0.1) is 0 Å². The van der Waals surface area contributed by atoms with Gasteiger partial charge in [-0.25, -0.2) is 0 Å². The van der Waals surface area contributed by atoms with Crippen molar-refractivity contribution >= 4 is 0 Å². The minimum atomic E-state index is 0.726. The maximum absolute atomic E-state index is 8.82. The van der Waals surface area contributed by atoms with Crippen LogP contribution in [0.3, 0.4) is 0 Å². The zero-order valence-corrected chi connectivity index (χ0v) is 14.1. The van der Waals surface area contributed by atoms with Crippen molar-refractivity contribution in [1.29, 1.82) is 5.26 Å². The molecule has 124 valence electrons. The Morgan fingerprint density at radius 3 is 2.58 bits per heavy atom. The summed E-state index contributed by atoms with van der Waals surface area (Å²) in [7, 11) is 0. The molecule has 1 N–H and O–H groups in total. The van der Waals surface area contributed by atoms with Gasteiger partial charge in [0.2, 0.25) is 0 Å². The van der Waals surface area contributed by atoms with Crippen LogP contribution in [0.4, 0.5) is 0 Å². The summed E-state index contributed by atoms with van der Waals surface area (Å²) >= 11 is 0. The lowest BCUT2D eigenvalue weighted by Gasteiger charge is -2.16. The molecular formula is C21H25N3. The van der Waals surface area contributed by atoms with Gasteiger partial charge < -0.3 is 10.2 Å². The van der Waals surface area contributed by atoms with Crippen molar-refractivity contribution in [2.24, 2.45) is 5.92 Å². The maximum atomic E-state index is 8.82. The van der Waals surface area contributed by atoms with Gasteiger partial charge in [-0.2, -0.15) is 5.26 Å². The first-order valence-corrected chi connectivity index (χ1v) is 8.79. The van der Waals surface area contributed by atoms with Crippen molar-refractivity contribution in [3.63, 3.8) is 0 Å². The number of nitriles is 1. The van der Waals surface area contributed by atoms with Crippen molar-refractivity contribution in [3.8, 4) is 6.07 Å². The molecule has 0 bridgehead atoms. The molecule has 0 amide bonds. The Kier molecular flexibility index (Phi) is 6.01. The SMILES string of the molecule is N#Cc1ccc(CNC[C@@H]2CCN(CCc3ccccc3)C2)cc1. The molecule has 0 unspecified atom stereocenters. The molecule has 24 heavy (non-hydrogen) atoms. The molecule has 0 saturated carbocycles. The molecule has 0 spiro atoms. The smallest absolute Gasteiger partial charge is 0.0991 e. The summed E-state index contributed by atoms with van der Waals surface area (Å²) in [5.74, 6) is 0.749. The second-order valence-corrected chi connectivity index (χ2v) is 6.63. The highest BCUT2D eigenvalue weighted by Gasteiger charge is 2.21. The van der Waals surface area contributed by atoms with Crippen LogP contribution in [0.15, 0.2) is 54.6 Å². The molecule has 3 rings (SSSR count). The van der Waals surface area contributed by atoms with Gasteiger partial charge in [-0.1, -0.05) is 42.5 Å². The molecule has 3 heteroatoms. The number of benzene rings is 2. The van der Waals surface area contributed by atoms with E-state index in [1.54, 1.807) is 0 Å². The molecule has 1 atom stereocenters. The quantitative estimate of drug-likeness (QED) is 0.852. The summed E-state index contributed by atoms with van der Waals surface area (Å²) in [5.41, 5.74) is 3.40. The summed E-state index contributed by atoms with van der Waals surface area (Å²) in [6.07, 6.45) is 2.43. The van der Waals surface area contributed by atoms with Crippen LogP contribution < -0.4 is 5.32 Å². The molecule has 1 fully saturated rings. The van der Waals surface area contributed by atoms with E-state index in [0.717, 1.165) is 37.5 Å². The molecule has 1 saturated heterocycles. The fraction of sp³-hybridized carbons (Fsp3) is 0.381. The van der Waals surface area contributed by atoms with E-state index < -0.39 is 0 Å². The molecule has 2 aromatic rings.